The fraction of sp³-hybridized carbons (Fsp3) is 0.556. The lowest BCUT2D eigenvalue weighted by Crippen LogP contribution is -2.43. The van der Waals surface area contributed by atoms with E-state index >= 15 is 0 Å². The maximum Gasteiger partial charge on any atom is 0.328 e. The van der Waals surface area contributed by atoms with Gasteiger partial charge in [0, 0.05) is 20.1 Å². The average Bonchev–Trinajstić information content (AvgIpc) is 3.03. The predicted octanol–water partition coefficient (Wildman–Crippen LogP) is 1.98. The van der Waals surface area contributed by atoms with E-state index in [4.69, 9.17) is 14.2 Å². The maximum absolute atomic E-state index is 12.4. The Morgan fingerprint density at radius 1 is 1.21 bits per heavy atom. The van der Waals surface area contributed by atoms with Crippen LogP contribution in [-0.4, -0.2) is 56.3 Å². The molecule has 1 aliphatic heterocycles. The molecule has 0 saturated carbocycles. The van der Waals surface area contributed by atoms with Crippen LogP contribution >= 0.6 is 0 Å². The number of likely N-dealkylation sites (tertiary alicyclic amines) is 1. The van der Waals surface area contributed by atoms with Crippen LogP contribution in [0.4, 0.5) is 0 Å². The Bertz CT molecular complexity index is 569. The van der Waals surface area contributed by atoms with E-state index in [-0.39, 0.29) is 18.6 Å². The molecular formula is C18H25NO5. The third-order valence-corrected chi connectivity index (χ3v) is 4.30. The smallest absolute Gasteiger partial charge is 0.328 e. The zero-order valence-corrected chi connectivity index (χ0v) is 14.7. The summed E-state index contributed by atoms with van der Waals surface area (Å²) >= 11 is 0. The summed E-state index contributed by atoms with van der Waals surface area (Å²) in [5, 5.41) is 0. The average molecular weight is 335 g/mol. The number of methoxy groups -OCH3 is 2. The van der Waals surface area contributed by atoms with Gasteiger partial charge in [-0.3, -0.25) is 4.79 Å². The van der Waals surface area contributed by atoms with Crippen molar-refractivity contribution in [3.63, 3.8) is 0 Å². The van der Waals surface area contributed by atoms with Crippen molar-refractivity contribution in [2.24, 2.45) is 0 Å². The summed E-state index contributed by atoms with van der Waals surface area (Å²) in [4.78, 5) is 25.8. The number of hydrogen-bond donors (Lipinski definition) is 0. The number of ether oxygens (including phenoxy) is 3. The molecule has 132 valence electrons. The number of nitrogens with zero attached hydrogens (tertiary/aromatic N) is 1. The van der Waals surface area contributed by atoms with E-state index in [1.165, 1.54) is 17.6 Å². The standard InChI is InChI=1S/C18H25NO5/c1-12(2)13-5-7-14(8-6-13)24-11-17(20)19-10-15(22-3)9-16(19)18(21)23-4/h5-8,12,15-16H,9-11H2,1-4H3/t15-,16+/m0/s1. The van der Waals surface area contributed by atoms with Gasteiger partial charge in [-0.25, -0.2) is 4.79 Å². The van der Waals surface area contributed by atoms with E-state index in [9.17, 15) is 9.59 Å². The first-order valence-electron chi connectivity index (χ1n) is 8.09. The number of rotatable bonds is 6. The van der Waals surface area contributed by atoms with Crippen molar-refractivity contribution >= 4 is 11.9 Å². The molecule has 0 spiro atoms. The van der Waals surface area contributed by atoms with Crippen molar-refractivity contribution in [1.82, 2.24) is 4.90 Å². The van der Waals surface area contributed by atoms with Crippen LogP contribution in [0.15, 0.2) is 24.3 Å². The second kappa shape index (κ2) is 8.15. The van der Waals surface area contributed by atoms with Crippen LogP contribution in [0.25, 0.3) is 0 Å². The second-order valence-corrected chi connectivity index (χ2v) is 6.19. The summed E-state index contributed by atoms with van der Waals surface area (Å²) in [6.07, 6.45) is 0.279. The van der Waals surface area contributed by atoms with Crippen molar-refractivity contribution < 1.29 is 23.8 Å². The molecular weight excluding hydrogens is 310 g/mol. The number of benzene rings is 1. The SMILES string of the molecule is COC(=O)[C@H]1C[C@H](OC)CN1C(=O)COc1ccc(C(C)C)cc1. The highest BCUT2D eigenvalue weighted by atomic mass is 16.5. The molecule has 0 aromatic heterocycles. The summed E-state index contributed by atoms with van der Waals surface area (Å²) in [7, 11) is 2.89. The molecule has 1 amide bonds. The van der Waals surface area contributed by atoms with Crippen LogP contribution in [0.1, 0.15) is 31.7 Å². The lowest BCUT2D eigenvalue weighted by molar-refractivity contribution is -0.151. The highest BCUT2D eigenvalue weighted by Crippen LogP contribution is 2.22. The molecule has 6 heteroatoms. The van der Waals surface area contributed by atoms with Gasteiger partial charge in [0.05, 0.1) is 13.2 Å². The largest absolute Gasteiger partial charge is 0.484 e. The Balaban J connectivity index is 1.96. The minimum absolute atomic E-state index is 0.120. The molecule has 0 aliphatic carbocycles. The topological polar surface area (TPSA) is 65.1 Å². The normalized spacial score (nSPS) is 20.3. The molecule has 1 saturated heterocycles. The van der Waals surface area contributed by atoms with Crippen molar-refractivity contribution in [3.05, 3.63) is 29.8 Å². The molecule has 0 bridgehead atoms. The van der Waals surface area contributed by atoms with Crippen LogP contribution in [0.2, 0.25) is 0 Å². The van der Waals surface area contributed by atoms with Crippen molar-refractivity contribution in [3.8, 4) is 5.75 Å². The monoisotopic (exact) mass is 335 g/mol. The van der Waals surface area contributed by atoms with Gasteiger partial charge < -0.3 is 19.1 Å². The molecule has 6 nitrogen and oxygen atoms in total. The molecule has 2 rings (SSSR count). The third kappa shape index (κ3) is 4.26. The Morgan fingerprint density at radius 3 is 2.42 bits per heavy atom. The van der Waals surface area contributed by atoms with Gasteiger partial charge in [0.15, 0.2) is 6.61 Å². The molecule has 0 N–H and O–H groups in total. The lowest BCUT2D eigenvalue weighted by atomic mass is 10.0. The van der Waals surface area contributed by atoms with Gasteiger partial charge in [-0.2, -0.15) is 0 Å². The van der Waals surface area contributed by atoms with Gasteiger partial charge in [-0.1, -0.05) is 26.0 Å². The van der Waals surface area contributed by atoms with E-state index in [1.807, 2.05) is 24.3 Å². The molecule has 1 heterocycles. The van der Waals surface area contributed by atoms with E-state index in [0.29, 0.717) is 24.6 Å². The number of carbonyl (C=O) groups excluding carboxylic acids is 2. The van der Waals surface area contributed by atoms with E-state index in [1.54, 1.807) is 7.11 Å². The summed E-state index contributed by atoms with van der Waals surface area (Å²) in [5.74, 6) is 0.393. The molecule has 0 unspecified atom stereocenters. The maximum atomic E-state index is 12.4. The number of carbonyl (C=O) groups is 2. The molecule has 1 aromatic carbocycles. The Labute approximate surface area is 142 Å². The zero-order valence-electron chi connectivity index (χ0n) is 14.7. The summed E-state index contributed by atoms with van der Waals surface area (Å²) in [6, 6.07) is 7.06. The van der Waals surface area contributed by atoms with Crippen molar-refractivity contribution in [2.45, 2.75) is 38.3 Å². The Morgan fingerprint density at radius 2 is 1.88 bits per heavy atom. The fourth-order valence-corrected chi connectivity index (χ4v) is 2.78. The predicted molar refractivity (Wildman–Crippen MR) is 89.0 cm³/mol. The molecule has 1 fully saturated rings. The van der Waals surface area contributed by atoms with Crippen molar-refractivity contribution in [2.75, 3.05) is 27.4 Å². The fourth-order valence-electron chi connectivity index (χ4n) is 2.78. The lowest BCUT2D eigenvalue weighted by Gasteiger charge is -2.22. The van der Waals surface area contributed by atoms with E-state index in [2.05, 4.69) is 13.8 Å². The van der Waals surface area contributed by atoms with Crippen LogP contribution < -0.4 is 4.74 Å². The highest BCUT2D eigenvalue weighted by Gasteiger charge is 2.40. The van der Waals surface area contributed by atoms with Gasteiger partial charge >= 0.3 is 5.97 Å². The minimum Gasteiger partial charge on any atom is -0.484 e. The van der Waals surface area contributed by atoms with Gasteiger partial charge in [0.1, 0.15) is 11.8 Å². The number of esters is 1. The van der Waals surface area contributed by atoms with E-state index < -0.39 is 12.0 Å². The van der Waals surface area contributed by atoms with Crippen LogP contribution in [0.3, 0.4) is 0 Å². The molecule has 24 heavy (non-hydrogen) atoms. The summed E-state index contributed by atoms with van der Waals surface area (Å²) in [5.41, 5.74) is 1.21. The Kier molecular flexibility index (Phi) is 6.20. The number of hydrogen-bond acceptors (Lipinski definition) is 5. The first kappa shape index (κ1) is 18.3. The summed E-state index contributed by atoms with van der Waals surface area (Å²) in [6.45, 7) is 4.48. The zero-order chi connectivity index (χ0) is 17.7. The Hall–Kier alpha value is -2.08. The van der Waals surface area contributed by atoms with E-state index in [0.717, 1.165) is 0 Å². The van der Waals surface area contributed by atoms with Crippen LogP contribution in [-0.2, 0) is 19.1 Å². The molecule has 2 atom stereocenters. The molecule has 1 aliphatic rings. The van der Waals surface area contributed by atoms with Gasteiger partial charge in [0.2, 0.25) is 0 Å². The first-order chi connectivity index (χ1) is 11.5. The highest BCUT2D eigenvalue weighted by molar-refractivity contribution is 5.86. The minimum atomic E-state index is -0.612. The second-order valence-electron chi connectivity index (χ2n) is 6.19. The van der Waals surface area contributed by atoms with Gasteiger partial charge in [-0.15, -0.1) is 0 Å². The first-order valence-corrected chi connectivity index (χ1v) is 8.09. The van der Waals surface area contributed by atoms with Crippen molar-refractivity contribution in [1.29, 1.82) is 0 Å². The number of amides is 1. The third-order valence-electron chi connectivity index (χ3n) is 4.30. The van der Waals surface area contributed by atoms with Crippen LogP contribution in [0, 0.1) is 0 Å². The molecule has 1 aromatic rings. The van der Waals surface area contributed by atoms with Gasteiger partial charge in [0.25, 0.3) is 5.91 Å². The van der Waals surface area contributed by atoms with Gasteiger partial charge in [-0.05, 0) is 23.6 Å². The summed E-state index contributed by atoms with van der Waals surface area (Å²) < 4.78 is 15.6. The van der Waals surface area contributed by atoms with Crippen LogP contribution in [0.5, 0.6) is 5.75 Å². The quantitative estimate of drug-likeness (QED) is 0.744. The molecule has 0 radical (unpaired) electrons.